The summed E-state index contributed by atoms with van der Waals surface area (Å²) in [6, 6.07) is 9.61. The van der Waals surface area contributed by atoms with Crippen LogP contribution in [0.15, 0.2) is 51.8 Å². The second kappa shape index (κ2) is 8.71. The van der Waals surface area contributed by atoms with Crippen LogP contribution in [0.1, 0.15) is 25.7 Å². The zero-order valence-corrected chi connectivity index (χ0v) is 17.5. The van der Waals surface area contributed by atoms with E-state index in [0.29, 0.717) is 49.2 Å². The van der Waals surface area contributed by atoms with E-state index in [1.807, 2.05) is 18.7 Å². The number of carbonyl (C=O) groups is 1. The third-order valence-corrected chi connectivity index (χ3v) is 5.30. The lowest BCUT2D eigenvalue weighted by molar-refractivity contribution is -0.132. The van der Waals surface area contributed by atoms with Gasteiger partial charge in [0.2, 0.25) is 17.7 Å². The largest absolute Gasteiger partial charge is 0.420 e. The van der Waals surface area contributed by atoms with Crippen LogP contribution in [0.3, 0.4) is 0 Å². The van der Waals surface area contributed by atoms with Crippen molar-refractivity contribution in [3.05, 3.63) is 64.7 Å². The number of pyridine rings is 1. The second-order valence-corrected chi connectivity index (χ2v) is 7.80. The van der Waals surface area contributed by atoms with Crippen LogP contribution in [0.5, 0.6) is 0 Å². The van der Waals surface area contributed by atoms with Gasteiger partial charge in [-0.25, -0.2) is 4.39 Å². The number of piperazine rings is 1. The average Bonchev–Trinajstić information content (AvgIpc) is 3.26. The van der Waals surface area contributed by atoms with Gasteiger partial charge in [0, 0.05) is 44.4 Å². The smallest absolute Gasteiger partial charge is 0.251 e. The number of halogens is 1. The number of rotatable bonds is 5. The summed E-state index contributed by atoms with van der Waals surface area (Å²) in [6.07, 6.45) is 1.56. The highest BCUT2D eigenvalue weighted by Crippen LogP contribution is 2.21. The Morgan fingerprint density at radius 1 is 1.10 bits per heavy atom. The fourth-order valence-electron chi connectivity index (χ4n) is 3.52. The normalized spacial score (nSPS) is 14.3. The maximum Gasteiger partial charge on any atom is 0.251 e. The van der Waals surface area contributed by atoms with Crippen molar-refractivity contribution in [1.29, 1.82) is 0 Å². The molecular formula is C22H24FN5O3. The first kappa shape index (κ1) is 20.8. The number of nitrogens with zero attached hydrogens (tertiary/aromatic N) is 5. The van der Waals surface area contributed by atoms with Crippen molar-refractivity contribution in [2.75, 3.05) is 31.1 Å². The van der Waals surface area contributed by atoms with Crippen molar-refractivity contribution in [3.63, 3.8) is 0 Å². The molecule has 2 aromatic heterocycles. The number of amides is 1. The first-order valence-electron chi connectivity index (χ1n) is 10.2. The molecule has 0 unspecified atom stereocenters. The molecule has 1 amide bonds. The Labute approximate surface area is 178 Å². The highest BCUT2D eigenvalue weighted by atomic mass is 19.1. The first-order chi connectivity index (χ1) is 14.9. The predicted octanol–water partition coefficient (Wildman–Crippen LogP) is 2.51. The van der Waals surface area contributed by atoms with Gasteiger partial charge in [-0.1, -0.05) is 26.0 Å². The first-order valence-corrected chi connectivity index (χ1v) is 10.2. The van der Waals surface area contributed by atoms with Crippen molar-refractivity contribution in [2.45, 2.75) is 26.3 Å². The third kappa shape index (κ3) is 4.50. The van der Waals surface area contributed by atoms with Gasteiger partial charge in [-0.15, -0.1) is 10.2 Å². The molecule has 0 aliphatic carbocycles. The van der Waals surface area contributed by atoms with Gasteiger partial charge in [0.05, 0.1) is 11.3 Å². The van der Waals surface area contributed by atoms with Gasteiger partial charge >= 0.3 is 0 Å². The highest BCUT2D eigenvalue weighted by Gasteiger charge is 2.23. The number of carbonyl (C=O) groups excluding carboxylic acids is 1. The molecule has 9 heteroatoms. The van der Waals surface area contributed by atoms with Crippen molar-refractivity contribution in [2.24, 2.45) is 0 Å². The van der Waals surface area contributed by atoms with E-state index < -0.39 is 0 Å². The maximum atomic E-state index is 14.0. The molecule has 0 N–H and O–H groups in total. The van der Waals surface area contributed by atoms with Crippen LogP contribution in [0.2, 0.25) is 0 Å². The molecule has 0 spiro atoms. The molecular weight excluding hydrogens is 401 g/mol. The summed E-state index contributed by atoms with van der Waals surface area (Å²) in [7, 11) is 0. The van der Waals surface area contributed by atoms with Gasteiger partial charge in [-0.05, 0) is 18.2 Å². The van der Waals surface area contributed by atoms with Gasteiger partial charge in [-0.3, -0.25) is 9.59 Å². The summed E-state index contributed by atoms with van der Waals surface area (Å²) < 4.78 is 21.0. The standard InChI is InChI=1S/C22H24FN5O3/c1-15(2)21-24-25-22(31-21)16-7-8-19(29)28(13-16)14-20(30)27-11-9-26(10-12-27)18-6-4-3-5-17(18)23/h3-8,13,15H,9-12,14H2,1-2H3. The van der Waals surface area contributed by atoms with Gasteiger partial charge in [0.25, 0.3) is 5.56 Å². The van der Waals surface area contributed by atoms with Crippen LogP contribution in [0.4, 0.5) is 10.1 Å². The SMILES string of the molecule is CC(C)c1nnc(-c2ccc(=O)n(CC(=O)N3CCN(c4ccccc4F)CC3)c2)o1. The van der Waals surface area contributed by atoms with Crippen LogP contribution in [-0.2, 0) is 11.3 Å². The maximum absolute atomic E-state index is 14.0. The van der Waals surface area contributed by atoms with Gasteiger partial charge in [-0.2, -0.15) is 0 Å². The molecule has 0 saturated carbocycles. The molecule has 3 heterocycles. The molecule has 1 aliphatic rings. The van der Waals surface area contributed by atoms with Gasteiger partial charge in [0.1, 0.15) is 12.4 Å². The molecule has 1 fully saturated rings. The average molecular weight is 425 g/mol. The molecule has 0 radical (unpaired) electrons. The van der Waals surface area contributed by atoms with E-state index in [9.17, 15) is 14.0 Å². The summed E-state index contributed by atoms with van der Waals surface area (Å²) in [4.78, 5) is 28.7. The summed E-state index contributed by atoms with van der Waals surface area (Å²) in [5, 5.41) is 8.03. The van der Waals surface area contributed by atoms with Gasteiger partial charge < -0.3 is 18.8 Å². The highest BCUT2D eigenvalue weighted by molar-refractivity contribution is 5.76. The predicted molar refractivity (Wildman–Crippen MR) is 113 cm³/mol. The second-order valence-electron chi connectivity index (χ2n) is 7.80. The minimum Gasteiger partial charge on any atom is -0.420 e. The fourth-order valence-corrected chi connectivity index (χ4v) is 3.52. The van der Waals surface area contributed by atoms with Crippen molar-refractivity contribution < 1.29 is 13.6 Å². The monoisotopic (exact) mass is 425 g/mol. The number of para-hydroxylation sites is 1. The van der Waals surface area contributed by atoms with Crippen molar-refractivity contribution in [1.82, 2.24) is 19.7 Å². The topological polar surface area (TPSA) is 84.5 Å². The zero-order valence-electron chi connectivity index (χ0n) is 17.5. The van der Waals surface area contributed by atoms with E-state index in [0.717, 1.165) is 0 Å². The minimum absolute atomic E-state index is 0.0858. The zero-order chi connectivity index (χ0) is 22.0. The molecule has 1 saturated heterocycles. The Morgan fingerprint density at radius 2 is 1.84 bits per heavy atom. The van der Waals surface area contributed by atoms with Crippen LogP contribution in [0, 0.1) is 5.82 Å². The van der Waals surface area contributed by atoms with Crippen molar-refractivity contribution >= 4 is 11.6 Å². The van der Waals surface area contributed by atoms with Gasteiger partial charge in [0.15, 0.2) is 0 Å². The fraction of sp³-hybridized carbons (Fsp3) is 0.364. The number of anilines is 1. The molecule has 8 nitrogen and oxygen atoms in total. The Hall–Kier alpha value is -3.49. The number of aromatic nitrogens is 3. The Balaban J connectivity index is 1.43. The Bertz CT molecular complexity index is 1130. The van der Waals surface area contributed by atoms with E-state index in [1.54, 1.807) is 35.4 Å². The number of hydrogen-bond acceptors (Lipinski definition) is 6. The molecule has 162 valence electrons. The molecule has 3 aromatic rings. The lowest BCUT2D eigenvalue weighted by Gasteiger charge is -2.36. The van der Waals surface area contributed by atoms with E-state index in [1.165, 1.54) is 16.7 Å². The van der Waals surface area contributed by atoms with Crippen LogP contribution < -0.4 is 10.5 Å². The van der Waals surface area contributed by atoms with Crippen LogP contribution in [-0.4, -0.2) is 51.8 Å². The lowest BCUT2D eigenvalue weighted by Crippen LogP contribution is -2.50. The van der Waals surface area contributed by atoms with E-state index in [2.05, 4.69) is 10.2 Å². The number of benzene rings is 1. The van der Waals surface area contributed by atoms with Crippen LogP contribution in [0.25, 0.3) is 11.5 Å². The molecule has 0 bridgehead atoms. The third-order valence-electron chi connectivity index (χ3n) is 5.30. The molecule has 0 atom stereocenters. The lowest BCUT2D eigenvalue weighted by atomic mass is 10.2. The molecule has 4 rings (SSSR count). The number of hydrogen-bond donors (Lipinski definition) is 0. The Kier molecular flexibility index (Phi) is 5.83. The van der Waals surface area contributed by atoms with E-state index >= 15 is 0 Å². The minimum atomic E-state index is -0.286. The summed E-state index contributed by atoms with van der Waals surface area (Å²) in [5.74, 6) is 0.477. The van der Waals surface area contributed by atoms with E-state index in [-0.39, 0.29) is 29.7 Å². The van der Waals surface area contributed by atoms with E-state index in [4.69, 9.17) is 4.42 Å². The van der Waals surface area contributed by atoms with Crippen LogP contribution >= 0.6 is 0 Å². The molecule has 1 aromatic carbocycles. The molecule has 1 aliphatic heterocycles. The summed E-state index contributed by atoms with van der Waals surface area (Å²) in [5.41, 5.74) is 0.834. The summed E-state index contributed by atoms with van der Waals surface area (Å²) >= 11 is 0. The quantitative estimate of drug-likeness (QED) is 0.625. The Morgan fingerprint density at radius 3 is 2.52 bits per heavy atom. The summed E-state index contributed by atoms with van der Waals surface area (Å²) in [6.45, 7) is 5.79. The molecule has 31 heavy (non-hydrogen) atoms. The van der Waals surface area contributed by atoms with Crippen molar-refractivity contribution in [3.8, 4) is 11.5 Å².